The number of benzene rings is 1. The lowest BCUT2D eigenvalue weighted by molar-refractivity contribution is 0.219. The van der Waals surface area contributed by atoms with Crippen molar-refractivity contribution in [3.63, 3.8) is 0 Å². The van der Waals surface area contributed by atoms with E-state index in [0.29, 0.717) is 17.1 Å². The van der Waals surface area contributed by atoms with E-state index in [1.165, 1.54) is 19.3 Å². The van der Waals surface area contributed by atoms with E-state index < -0.39 is 0 Å². The SMILES string of the molecule is Oc1c(CN2CCCCC2)c(Cl)cc2cccnc12. The summed E-state index contributed by atoms with van der Waals surface area (Å²) >= 11 is 6.31. The van der Waals surface area contributed by atoms with Gasteiger partial charge in [0.1, 0.15) is 11.3 Å². The van der Waals surface area contributed by atoms with E-state index in [4.69, 9.17) is 11.6 Å². The number of phenols is 1. The molecule has 0 radical (unpaired) electrons. The highest BCUT2D eigenvalue weighted by Gasteiger charge is 2.17. The van der Waals surface area contributed by atoms with Gasteiger partial charge in [0.15, 0.2) is 0 Å². The number of fused-ring (bicyclic) bond motifs is 1. The largest absolute Gasteiger partial charge is 0.505 e. The van der Waals surface area contributed by atoms with Crippen LogP contribution >= 0.6 is 11.6 Å². The molecule has 100 valence electrons. The summed E-state index contributed by atoms with van der Waals surface area (Å²) in [5.74, 6) is 0.230. The van der Waals surface area contributed by atoms with Crippen molar-refractivity contribution in [1.82, 2.24) is 9.88 Å². The number of hydrogen-bond acceptors (Lipinski definition) is 3. The minimum atomic E-state index is 0.230. The molecular formula is C15H17ClN2O. The quantitative estimate of drug-likeness (QED) is 0.911. The van der Waals surface area contributed by atoms with Crippen molar-refractivity contribution in [3.05, 3.63) is 35.0 Å². The monoisotopic (exact) mass is 276 g/mol. The fourth-order valence-electron chi connectivity index (χ4n) is 2.70. The second-order valence-electron chi connectivity index (χ2n) is 5.10. The first-order valence-electron chi connectivity index (χ1n) is 6.73. The smallest absolute Gasteiger partial charge is 0.147 e. The molecule has 1 aromatic heterocycles. The molecule has 0 spiro atoms. The molecule has 0 amide bonds. The summed E-state index contributed by atoms with van der Waals surface area (Å²) in [6, 6.07) is 5.66. The molecular weight excluding hydrogens is 260 g/mol. The van der Waals surface area contributed by atoms with E-state index in [0.717, 1.165) is 24.0 Å². The predicted molar refractivity (Wildman–Crippen MR) is 77.5 cm³/mol. The second-order valence-corrected chi connectivity index (χ2v) is 5.50. The van der Waals surface area contributed by atoms with Crippen molar-refractivity contribution < 1.29 is 5.11 Å². The maximum absolute atomic E-state index is 10.4. The zero-order valence-electron chi connectivity index (χ0n) is 10.8. The van der Waals surface area contributed by atoms with Crippen LogP contribution in [0.4, 0.5) is 0 Å². The van der Waals surface area contributed by atoms with Crippen molar-refractivity contribution in [1.29, 1.82) is 0 Å². The third kappa shape index (κ3) is 2.53. The molecule has 1 aliphatic heterocycles. The van der Waals surface area contributed by atoms with Gasteiger partial charge in [-0.3, -0.25) is 9.88 Å². The Morgan fingerprint density at radius 2 is 2.05 bits per heavy atom. The van der Waals surface area contributed by atoms with Crippen LogP contribution in [0, 0.1) is 0 Å². The molecule has 0 bridgehead atoms. The maximum atomic E-state index is 10.4. The average Bonchev–Trinajstić information content (AvgIpc) is 2.45. The number of rotatable bonds is 2. The zero-order valence-corrected chi connectivity index (χ0v) is 11.5. The Hall–Kier alpha value is -1.32. The van der Waals surface area contributed by atoms with Gasteiger partial charge < -0.3 is 5.11 Å². The van der Waals surface area contributed by atoms with Crippen LogP contribution < -0.4 is 0 Å². The van der Waals surface area contributed by atoms with E-state index in [2.05, 4.69) is 9.88 Å². The van der Waals surface area contributed by atoms with Crippen LogP contribution in [0.15, 0.2) is 24.4 Å². The highest BCUT2D eigenvalue weighted by molar-refractivity contribution is 6.32. The number of aromatic nitrogens is 1. The van der Waals surface area contributed by atoms with Crippen molar-refractivity contribution in [2.75, 3.05) is 13.1 Å². The van der Waals surface area contributed by atoms with Gasteiger partial charge in [0.25, 0.3) is 0 Å². The molecule has 2 aromatic rings. The maximum Gasteiger partial charge on any atom is 0.147 e. The minimum Gasteiger partial charge on any atom is -0.505 e. The first-order chi connectivity index (χ1) is 9.25. The number of hydrogen-bond donors (Lipinski definition) is 1. The van der Waals surface area contributed by atoms with E-state index in [1.807, 2.05) is 18.2 Å². The number of aromatic hydroxyl groups is 1. The fourth-order valence-corrected chi connectivity index (χ4v) is 2.97. The standard InChI is InChI=1S/C15H17ClN2O/c16-13-9-11-5-4-6-17-14(11)15(19)12(13)10-18-7-2-1-3-8-18/h4-6,9,19H,1-3,7-8,10H2. The second kappa shape index (κ2) is 5.35. The number of piperidine rings is 1. The van der Waals surface area contributed by atoms with Gasteiger partial charge in [-0.05, 0) is 38.1 Å². The Labute approximate surface area is 117 Å². The number of likely N-dealkylation sites (tertiary alicyclic amines) is 1. The van der Waals surface area contributed by atoms with Crippen molar-refractivity contribution in [3.8, 4) is 5.75 Å². The molecule has 4 heteroatoms. The van der Waals surface area contributed by atoms with E-state index >= 15 is 0 Å². The molecule has 2 heterocycles. The number of pyridine rings is 1. The van der Waals surface area contributed by atoms with Gasteiger partial charge in [0.2, 0.25) is 0 Å². The van der Waals surface area contributed by atoms with Crippen LogP contribution in [0.3, 0.4) is 0 Å². The summed E-state index contributed by atoms with van der Waals surface area (Å²) in [6.07, 6.45) is 5.45. The topological polar surface area (TPSA) is 36.4 Å². The summed E-state index contributed by atoms with van der Waals surface area (Å²) in [5.41, 5.74) is 1.44. The zero-order chi connectivity index (χ0) is 13.2. The molecule has 1 aromatic carbocycles. The Kier molecular flexibility index (Phi) is 3.58. The van der Waals surface area contributed by atoms with Crippen LogP contribution in [0.1, 0.15) is 24.8 Å². The Bertz CT molecular complexity index is 594. The average molecular weight is 277 g/mol. The molecule has 19 heavy (non-hydrogen) atoms. The lowest BCUT2D eigenvalue weighted by Crippen LogP contribution is -2.29. The Balaban J connectivity index is 1.98. The number of halogens is 1. The molecule has 1 N–H and O–H groups in total. The van der Waals surface area contributed by atoms with E-state index in [9.17, 15) is 5.11 Å². The Morgan fingerprint density at radius 1 is 1.26 bits per heavy atom. The predicted octanol–water partition coefficient (Wildman–Crippen LogP) is 3.58. The van der Waals surface area contributed by atoms with Gasteiger partial charge in [-0.25, -0.2) is 0 Å². The minimum absolute atomic E-state index is 0.230. The third-order valence-corrected chi connectivity index (χ3v) is 4.09. The molecule has 1 aliphatic rings. The lowest BCUT2D eigenvalue weighted by Gasteiger charge is -2.27. The fraction of sp³-hybridized carbons (Fsp3) is 0.400. The normalized spacial score (nSPS) is 16.9. The summed E-state index contributed by atoms with van der Waals surface area (Å²) in [4.78, 5) is 6.59. The molecule has 0 saturated carbocycles. The van der Waals surface area contributed by atoms with Crippen molar-refractivity contribution in [2.24, 2.45) is 0 Å². The van der Waals surface area contributed by atoms with Crippen LogP contribution in [0.25, 0.3) is 10.9 Å². The first-order valence-corrected chi connectivity index (χ1v) is 7.11. The van der Waals surface area contributed by atoms with Gasteiger partial charge in [0.05, 0.1) is 0 Å². The summed E-state index contributed by atoms with van der Waals surface area (Å²) < 4.78 is 0. The molecule has 3 rings (SSSR count). The summed E-state index contributed by atoms with van der Waals surface area (Å²) in [7, 11) is 0. The van der Waals surface area contributed by atoms with Crippen molar-refractivity contribution >= 4 is 22.5 Å². The summed E-state index contributed by atoms with van der Waals surface area (Å²) in [5, 5.41) is 11.9. The summed E-state index contributed by atoms with van der Waals surface area (Å²) in [6.45, 7) is 2.86. The van der Waals surface area contributed by atoms with Gasteiger partial charge in [-0.1, -0.05) is 24.1 Å². The molecule has 1 fully saturated rings. The lowest BCUT2D eigenvalue weighted by atomic mass is 10.1. The van der Waals surface area contributed by atoms with Crippen molar-refractivity contribution in [2.45, 2.75) is 25.8 Å². The van der Waals surface area contributed by atoms with Crippen LogP contribution in [-0.4, -0.2) is 28.1 Å². The highest BCUT2D eigenvalue weighted by Crippen LogP contribution is 2.34. The van der Waals surface area contributed by atoms with Gasteiger partial charge in [-0.15, -0.1) is 0 Å². The van der Waals surface area contributed by atoms with Gasteiger partial charge in [-0.2, -0.15) is 0 Å². The van der Waals surface area contributed by atoms with E-state index in [-0.39, 0.29) is 5.75 Å². The first kappa shape index (κ1) is 12.7. The molecule has 1 saturated heterocycles. The number of phenolic OH excluding ortho intramolecular Hbond substituents is 1. The van der Waals surface area contributed by atoms with Gasteiger partial charge in [0, 0.05) is 28.7 Å². The molecule has 0 atom stereocenters. The number of nitrogens with zero attached hydrogens (tertiary/aromatic N) is 2. The van der Waals surface area contributed by atoms with E-state index in [1.54, 1.807) is 6.20 Å². The Morgan fingerprint density at radius 3 is 2.84 bits per heavy atom. The molecule has 0 unspecified atom stereocenters. The van der Waals surface area contributed by atoms with Crippen LogP contribution in [-0.2, 0) is 6.54 Å². The third-order valence-electron chi connectivity index (χ3n) is 3.75. The highest BCUT2D eigenvalue weighted by atomic mass is 35.5. The van der Waals surface area contributed by atoms with Gasteiger partial charge >= 0.3 is 0 Å². The van der Waals surface area contributed by atoms with Crippen LogP contribution in [0.2, 0.25) is 5.02 Å². The molecule has 3 nitrogen and oxygen atoms in total. The van der Waals surface area contributed by atoms with Crippen LogP contribution in [0.5, 0.6) is 5.75 Å². The molecule has 0 aliphatic carbocycles.